The van der Waals surface area contributed by atoms with Crippen LogP contribution in [0.25, 0.3) is 0 Å². The van der Waals surface area contributed by atoms with Gasteiger partial charge in [0.05, 0.1) is 22.9 Å². The van der Waals surface area contributed by atoms with Crippen LogP contribution in [0, 0.1) is 0 Å². The number of ether oxygens (including phenoxy) is 1. The first-order valence-electron chi connectivity index (χ1n) is 9.49. The van der Waals surface area contributed by atoms with Crippen molar-refractivity contribution in [3.05, 3.63) is 45.3 Å². The van der Waals surface area contributed by atoms with Crippen LogP contribution in [0.3, 0.4) is 0 Å². The predicted octanol–water partition coefficient (Wildman–Crippen LogP) is 5.55. The summed E-state index contributed by atoms with van der Waals surface area (Å²) in [6.45, 7) is 10.7. The molecule has 0 radical (unpaired) electrons. The van der Waals surface area contributed by atoms with Crippen LogP contribution in [0.5, 0.6) is 0 Å². The number of anilines is 2. The molecule has 0 fully saturated rings. The van der Waals surface area contributed by atoms with Gasteiger partial charge in [-0.25, -0.2) is 4.79 Å². The molecule has 2 aromatic rings. The highest BCUT2D eigenvalue weighted by Crippen LogP contribution is 2.45. The van der Waals surface area contributed by atoms with Gasteiger partial charge in [-0.3, -0.25) is 0 Å². The van der Waals surface area contributed by atoms with Gasteiger partial charge in [-0.05, 0) is 71.0 Å². The largest absolute Gasteiger partial charge is 0.462 e. The first kappa shape index (κ1) is 22.0. The predicted molar refractivity (Wildman–Crippen MR) is 126 cm³/mol. The normalized spacial score (nSPS) is 16.6. The summed E-state index contributed by atoms with van der Waals surface area (Å²) in [6, 6.07) is 7.36. The van der Waals surface area contributed by atoms with E-state index in [1.54, 1.807) is 6.07 Å². The molecular formula is C21H26ClN3O2S2. The van der Waals surface area contributed by atoms with Gasteiger partial charge >= 0.3 is 5.97 Å². The molecule has 8 heteroatoms. The van der Waals surface area contributed by atoms with E-state index in [-0.39, 0.29) is 17.0 Å². The Morgan fingerprint density at radius 1 is 1.28 bits per heavy atom. The highest BCUT2D eigenvalue weighted by atomic mass is 35.5. The Balaban J connectivity index is 1.98. The molecule has 0 unspecified atom stereocenters. The molecule has 1 aliphatic heterocycles. The monoisotopic (exact) mass is 451 g/mol. The summed E-state index contributed by atoms with van der Waals surface area (Å²) >= 11 is 13.2. The number of thiocarbonyl (C=S) groups is 1. The van der Waals surface area contributed by atoms with Gasteiger partial charge in [0.25, 0.3) is 0 Å². The molecule has 2 heterocycles. The molecule has 0 saturated carbocycles. The first-order chi connectivity index (χ1) is 13.5. The lowest BCUT2D eigenvalue weighted by atomic mass is 9.81. The minimum Gasteiger partial charge on any atom is -0.462 e. The van der Waals surface area contributed by atoms with Crippen LogP contribution in [0.15, 0.2) is 24.3 Å². The van der Waals surface area contributed by atoms with E-state index < -0.39 is 0 Å². The molecule has 3 N–H and O–H groups in total. The zero-order chi connectivity index (χ0) is 21.4. The Bertz CT molecular complexity index is 953. The van der Waals surface area contributed by atoms with Gasteiger partial charge in [-0.1, -0.05) is 23.7 Å². The molecular weight excluding hydrogens is 426 g/mol. The molecule has 0 bridgehead atoms. The number of halogens is 1. The van der Waals surface area contributed by atoms with Crippen molar-refractivity contribution in [2.45, 2.75) is 52.1 Å². The molecule has 5 nitrogen and oxygen atoms in total. The quantitative estimate of drug-likeness (QED) is 0.418. The van der Waals surface area contributed by atoms with Crippen molar-refractivity contribution in [2.24, 2.45) is 0 Å². The molecule has 1 aliphatic rings. The van der Waals surface area contributed by atoms with Crippen molar-refractivity contribution in [1.82, 2.24) is 5.32 Å². The lowest BCUT2D eigenvalue weighted by Gasteiger charge is -2.42. The number of fused-ring (bicyclic) bond motifs is 1. The Hall–Kier alpha value is -1.67. The topological polar surface area (TPSA) is 62.4 Å². The maximum Gasteiger partial charge on any atom is 0.341 e. The van der Waals surface area contributed by atoms with E-state index in [1.807, 2.05) is 25.1 Å². The van der Waals surface area contributed by atoms with Crippen LogP contribution >= 0.6 is 35.2 Å². The van der Waals surface area contributed by atoms with Crippen LogP contribution in [0.1, 0.15) is 55.4 Å². The number of carbonyl (C=O) groups excluding carboxylic acids is 1. The van der Waals surface area contributed by atoms with E-state index in [2.05, 4.69) is 43.6 Å². The fourth-order valence-corrected chi connectivity index (χ4v) is 5.58. The lowest BCUT2D eigenvalue weighted by Crippen LogP contribution is -2.55. The summed E-state index contributed by atoms with van der Waals surface area (Å²) in [5.41, 5.74) is 1.87. The molecule has 1 aromatic heterocycles. The number of hydrogen-bond acceptors (Lipinski definition) is 5. The SMILES string of the molecule is CCOC(=O)c1c(NC(=S)Nc2ccccc2Cl)sc2c1CC(C)(C)NC2(C)C. The molecule has 3 rings (SSSR count). The maximum atomic E-state index is 12.9. The average Bonchev–Trinajstić information content (AvgIpc) is 2.94. The zero-order valence-electron chi connectivity index (χ0n) is 17.2. The van der Waals surface area contributed by atoms with E-state index in [9.17, 15) is 4.79 Å². The zero-order valence-corrected chi connectivity index (χ0v) is 19.6. The summed E-state index contributed by atoms with van der Waals surface area (Å²) in [7, 11) is 0. The van der Waals surface area contributed by atoms with Crippen molar-refractivity contribution in [1.29, 1.82) is 0 Å². The molecule has 1 aromatic carbocycles. The molecule has 0 atom stereocenters. The second-order valence-electron chi connectivity index (χ2n) is 8.20. The van der Waals surface area contributed by atoms with Crippen molar-refractivity contribution in [3.63, 3.8) is 0 Å². The molecule has 0 saturated heterocycles. The number of benzene rings is 1. The maximum absolute atomic E-state index is 12.9. The molecule has 156 valence electrons. The number of esters is 1. The molecule has 0 spiro atoms. The summed E-state index contributed by atoms with van der Waals surface area (Å²) in [6.07, 6.45) is 0.725. The second-order valence-corrected chi connectivity index (χ2v) is 10.0. The average molecular weight is 452 g/mol. The summed E-state index contributed by atoms with van der Waals surface area (Å²) in [5, 5.41) is 11.6. The number of carbonyl (C=O) groups is 1. The van der Waals surface area contributed by atoms with E-state index in [0.717, 1.165) is 16.9 Å². The van der Waals surface area contributed by atoms with Gasteiger partial charge in [0.1, 0.15) is 5.00 Å². The Morgan fingerprint density at radius 3 is 2.62 bits per heavy atom. The van der Waals surface area contributed by atoms with Gasteiger partial charge in [0, 0.05) is 16.0 Å². The van der Waals surface area contributed by atoms with E-state index >= 15 is 0 Å². The smallest absolute Gasteiger partial charge is 0.341 e. The summed E-state index contributed by atoms with van der Waals surface area (Å²) < 4.78 is 5.37. The fourth-order valence-electron chi connectivity index (χ4n) is 3.85. The number of hydrogen-bond donors (Lipinski definition) is 3. The Kier molecular flexibility index (Phi) is 6.24. The van der Waals surface area contributed by atoms with Gasteiger partial charge in [0.2, 0.25) is 0 Å². The number of thiophene rings is 1. The van der Waals surface area contributed by atoms with Crippen LogP contribution in [-0.2, 0) is 16.7 Å². The number of rotatable bonds is 4. The highest BCUT2D eigenvalue weighted by molar-refractivity contribution is 7.80. The van der Waals surface area contributed by atoms with Crippen molar-refractivity contribution < 1.29 is 9.53 Å². The molecule has 29 heavy (non-hydrogen) atoms. The van der Waals surface area contributed by atoms with Crippen LogP contribution in [0.2, 0.25) is 5.02 Å². The Morgan fingerprint density at radius 2 is 1.97 bits per heavy atom. The minimum atomic E-state index is -0.332. The number of para-hydroxylation sites is 1. The standard InChI is InChI=1S/C21H26ClN3O2S2/c1-6-27-18(26)15-12-11-20(2,3)25-21(4,5)16(12)29-17(15)24-19(28)23-14-10-8-7-9-13(14)22/h7-10,25H,6,11H2,1-5H3,(H2,23,24,28). The van der Waals surface area contributed by atoms with Crippen molar-refractivity contribution >= 4 is 56.9 Å². The van der Waals surface area contributed by atoms with Crippen LogP contribution in [0.4, 0.5) is 10.7 Å². The third-order valence-electron chi connectivity index (χ3n) is 4.67. The van der Waals surface area contributed by atoms with Crippen LogP contribution < -0.4 is 16.0 Å². The van der Waals surface area contributed by atoms with Gasteiger partial charge < -0.3 is 20.7 Å². The second kappa shape index (κ2) is 8.22. The van der Waals surface area contributed by atoms with E-state index in [4.69, 9.17) is 28.6 Å². The van der Waals surface area contributed by atoms with Crippen molar-refractivity contribution in [2.75, 3.05) is 17.2 Å². The van der Waals surface area contributed by atoms with Crippen LogP contribution in [-0.4, -0.2) is 23.2 Å². The summed E-state index contributed by atoms with van der Waals surface area (Å²) in [4.78, 5) is 14.0. The highest BCUT2D eigenvalue weighted by Gasteiger charge is 2.42. The fraction of sp³-hybridized carbons (Fsp3) is 0.429. The Labute approximate surface area is 186 Å². The van der Waals surface area contributed by atoms with Crippen molar-refractivity contribution in [3.8, 4) is 0 Å². The minimum absolute atomic E-state index is 0.146. The number of nitrogens with one attached hydrogen (secondary N) is 3. The first-order valence-corrected chi connectivity index (χ1v) is 11.1. The summed E-state index contributed by atoms with van der Waals surface area (Å²) in [5.74, 6) is -0.332. The van der Waals surface area contributed by atoms with Gasteiger partial charge in [-0.2, -0.15) is 0 Å². The molecule has 0 aliphatic carbocycles. The molecule has 0 amide bonds. The van der Waals surface area contributed by atoms with E-state index in [0.29, 0.717) is 33.0 Å². The lowest BCUT2D eigenvalue weighted by molar-refractivity contribution is 0.0526. The third-order valence-corrected chi connectivity index (χ3v) is 6.68. The van der Waals surface area contributed by atoms with E-state index in [1.165, 1.54) is 11.3 Å². The van der Waals surface area contributed by atoms with Gasteiger partial charge in [0.15, 0.2) is 5.11 Å². The third kappa shape index (κ3) is 4.74. The van der Waals surface area contributed by atoms with Gasteiger partial charge in [-0.15, -0.1) is 11.3 Å².